The smallest absolute Gasteiger partial charge is 0.191 e. The average molecular weight is 441 g/mol. The van der Waals surface area contributed by atoms with E-state index in [-0.39, 0.29) is 5.04 Å². The van der Waals surface area contributed by atoms with Crippen molar-refractivity contribution in [1.82, 2.24) is 0 Å². The van der Waals surface area contributed by atoms with Crippen LogP contribution >= 0.6 is 23.2 Å². The predicted octanol–water partition coefficient (Wildman–Crippen LogP) is 7.02. The summed E-state index contributed by atoms with van der Waals surface area (Å²) in [5.41, 5.74) is 1.81. The molecular formula is C22H30Cl2O3Si. The van der Waals surface area contributed by atoms with Crippen LogP contribution < -0.4 is 4.74 Å². The molecule has 6 heteroatoms. The zero-order chi connectivity index (χ0) is 20.9. The maximum Gasteiger partial charge on any atom is 0.191 e. The molecule has 0 amide bonds. The van der Waals surface area contributed by atoms with Gasteiger partial charge in [-0.2, -0.15) is 0 Å². The molecule has 0 saturated heterocycles. The van der Waals surface area contributed by atoms with E-state index in [1.165, 1.54) is 0 Å². The SMILES string of the molecule is CC(C)(C)[Si](C)(C)OCC[C@H](O)c1ccc(OCc2ccc(Cl)c(Cl)c2)cc1. The zero-order valence-corrected chi connectivity index (χ0v) is 19.8. The van der Waals surface area contributed by atoms with Gasteiger partial charge in [-0.3, -0.25) is 0 Å². The highest BCUT2D eigenvalue weighted by Gasteiger charge is 2.37. The van der Waals surface area contributed by atoms with Crippen LogP contribution in [0.3, 0.4) is 0 Å². The Morgan fingerprint density at radius 1 is 1.00 bits per heavy atom. The summed E-state index contributed by atoms with van der Waals surface area (Å²) in [6, 6.07) is 12.9. The fourth-order valence-electron chi connectivity index (χ4n) is 2.39. The first-order valence-corrected chi connectivity index (χ1v) is 13.1. The van der Waals surface area contributed by atoms with Crippen molar-refractivity contribution < 1.29 is 14.3 Å². The van der Waals surface area contributed by atoms with Gasteiger partial charge in [0.25, 0.3) is 0 Å². The zero-order valence-electron chi connectivity index (χ0n) is 17.3. The molecule has 1 atom stereocenters. The lowest BCUT2D eigenvalue weighted by Crippen LogP contribution is -2.41. The maximum absolute atomic E-state index is 10.4. The highest BCUT2D eigenvalue weighted by molar-refractivity contribution is 6.74. The molecular weight excluding hydrogens is 411 g/mol. The van der Waals surface area contributed by atoms with Crippen LogP contribution in [0.15, 0.2) is 42.5 Å². The molecule has 0 aliphatic rings. The minimum absolute atomic E-state index is 0.172. The molecule has 0 aromatic heterocycles. The molecule has 0 unspecified atom stereocenters. The van der Waals surface area contributed by atoms with Gasteiger partial charge in [0.05, 0.1) is 16.1 Å². The summed E-state index contributed by atoms with van der Waals surface area (Å²) in [7, 11) is -1.78. The minimum Gasteiger partial charge on any atom is -0.489 e. The van der Waals surface area contributed by atoms with E-state index in [0.29, 0.717) is 29.7 Å². The van der Waals surface area contributed by atoms with Crippen molar-refractivity contribution in [3.8, 4) is 5.75 Å². The lowest BCUT2D eigenvalue weighted by atomic mass is 10.1. The van der Waals surface area contributed by atoms with E-state index in [9.17, 15) is 5.11 Å². The molecule has 0 spiro atoms. The maximum atomic E-state index is 10.4. The van der Waals surface area contributed by atoms with Crippen molar-refractivity contribution in [2.75, 3.05) is 6.61 Å². The molecule has 0 radical (unpaired) electrons. The van der Waals surface area contributed by atoms with Crippen molar-refractivity contribution >= 4 is 31.5 Å². The van der Waals surface area contributed by atoms with Gasteiger partial charge in [0.2, 0.25) is 0 Å². The van der Waals surface area contributed by atoms with Crippen LogP contribution in [-0.4, -0.2) is 20.0 Å². The van der Waals surface area contributed by atoms with E-state index >= 15 is 0 Å². The summed E-state index contributed by atoms with van der Waals surface area (Å²) in [5, 5.41) is 11.7. The van der Waals surface area contributed by atoms with Crippen LogP contribution in [0.2, 0.25) is 28.2 Å². The van der Waals surface area contributed by atoms with Gasteiger partial charge in [-0.15, -0.1) is 0 Å². The third kappa shape index (κ3) is 6.50. The Morgan fingerprint density at radius 2 is 1.64 bits per heavy atom. The fraction of sp³-hybridized carbons (Fsp3) is 0.455. The third-order valence-corrected chi connectivity index (χ3v) is 10.6. The molecule has 0 bridgehead atoms. The van der Waals surface area contributed by atoms with Crippen LogP contribution in [0.1, 0.15) is 44.4 Å². The van der Waals surface area contributed by atoms with Crippen molar-refractivity contribution in [3.63, 3.8) is 0 Å². The molecule has 2 aromatic carbocycles. The summed E-state index contributed by atoms with van der Waals surface area (Å²) in [6.07, 6.45) is 0.0320. The van der Waals surface area contributed by atoms with Crippen molar-refractivity contribution in [3.05, 3.63) is 63.6 Å². The molecule has 0 aliphatic heterocycles. The first-order valence-electron chi connectivity index (χ1n) is 9.48. The minimum atomic E-state index is -1.78. The van der Waals surface area contributed by atoms with Gasteiger partial charge in [0, 0.05) is 6.61 Å². The van der Waals surface area contributed by atoms with E-state index in [4.69, 9.17) is 32.4 Å². The average Bonchev–Trinajstić information content (AvgIpc) is 2.62. The summed E-state index contributed by atoms with van der Waals surface area (Å²) >= 11 is 11.9. The Hall–Kier alpha value is -1.04. The molecule has 1 N–H and O–H groups in total. The molecule has 0 fully saturated rings. The largest absolute Gasteiger partial charge is 0.489 e. The van der Waals surface area contributed by atoms with E-state index in [2.05, 4.69) is 33.9 Å². The summed E-state index contributed by atoms with van der Waals surface area (Å²) in [4.78, 5) is 0. The molecule has 3 nitrogen and oxygen atoms in total. The van der Waals surface area contributed by atoms with E-state index in [0.717, 1.165) is 16.9 Å². The lowest BCUT2D eigenvalue weighted by Gasteiger charge is -2.36. The second-order valence-corrected chi connectivity index (χ2v) is 14.1. The lowest BCUT2D eigenvalue weighted by molar-refractivity contribution is 0.136. The quantitative estimate of drug-likeness (QED) is 0.448. The number of hydrogen-bond donors (Lipinski definition) is 1. The van der Waals surface area contributed by atoms with E-state index in [1.54, 1.807) is 12.1 Å². The normalized spacial score (nSPS) is 13.4. The second-order valence-electron chi connectivity index (χ2n) is 8.52. The van der Waals surface area contributed by atoms with Gasteiger partial charge in [-0.1, -0.05) is 62.2 Å². The van der Waals surface area contributed by atoms with Gasteiger partial charge in [-0.25, -0.2) is 0 Å². The van der Waals surface area contributed by atoms with Crippen molar-refractivity contribution in [2.45, 2.75) is 58.0 Å². The summed E-state index contributed by atoms with van der Waals surface area (Å²) in [5.74, 6) is 0.736. The first kappa shape index (κ1) is 23.2. The number of aliphatic hydroxyl groups excluding tert-OH is 1. The predicted molar refractivity (Wildman–Crippen MR) is 120 cm³/mol. The highest BCUT2D eigenvalue weighted by atomic mass is 35.5. The van der Waals surface area contributed by atoms with Crippen LogP contribution in [0.4, 0.5) is 0 Å². The highest BCUT2D eigenvalue weighted by Crippen LogP contribution is 2.37. The van der Waals surface area contributed by atoms with Gasteiger partial charge in [-0.05, 0) is 59.9 Å². The van der Waals surface area contributed by atoms with Crippen molar-refractivity contribution in [1.29, 1.82) is 0 Å². The molecule has 154 valence electrons. The third-order valence-electron chi connectivity index (χ3n) is 5.31. The number of halogens is 2. The number of rotatable bonds is 8. The topological polar surface area (TPSA) is 38.7 Å². The Labute approximate surface area is 179 Å². The van der Waals surface area contributed by atoms with Crippen LogP contribution in [0, 0.1) is 0 Å². The van der Waals surface area contributed by atoms with Gasteiger partial charge < -0.3 is 14.3 Å². The van der Waals surface area contributed by atoms with Crippen molar-refractivity contribution in [2.24, 2.45) is 0 Å². The molecule has 0 aliphatic carbocycles. The Bertz CT molecular complexity index is 770. The van der Waals surface area contributed by atoms with Crippen LogP contribution in [-0.2, 0) is 11.0 Å². The van der Waals surface area contributed by atoms with Crippen LogP contribution in [0.25, 0.3) is 0 Å². The summed E-state index contributed by atoms with van der Waals surface area (Å²) < 4.78 is 11.9. The number of benzene rings is 2. The van der Waals surface area contributed by atoms with E-state index < -0.39 is 14.4 Å². The molecule has 2 rings (SSSR count). The van der Waals surface area contributed by atoms with Crippen LogP contribution in [0.5, 0.6) is 5.75 Å². The second kappa shape index (κ2) is 9.64. The number of hydrogen-bond acceptors (Lipinski definition) is 3. The van der Waals surface area contributed by atoms with Gasteiger partial charge in [0.1, 0.15) is 12.4 Å². The Balaban J connectivity index is 1.85. The fourth-order valence-corrected chi connectivity index (χ4v) is 3.77. The summed E-state index contributed by atoms with van der Waals surface area (Å²) in [6.45, 7) is 12.1. The standard InChI is InChI=1S/C22H30Cl2O3Si/c1-22(2,3)28(4,5)27-13-12-21(25)17-7-9-18(10-8-17)26-15-16-6-11-19(23)20(24)14-16/h6-11,14,21,25H,12-13,15H2,1-5H3/t21-/m0/s1. The molecule has 28 heavy (non-hydrogen) atoms. The van der Waals surface area contributed by atoms with Gasteiger partial charge >= 0.3 is 0 Å². The first-order chi connectivity index (χ1) is 13.0. The van der Waals surface area contributed by atoms with E-state index in [1.807, 2.05) is 30.3 Å². The Kier molecular flexibility index (Phi) is 8.00. The monoisotopic (exact) mass is 440 g/mol. The Morgan fingerprint density at radius 3 is 2.21 bits per heavy atom. The van der Waals surface area contributed by atoms with Gasteiger partial charge in [0.15, 0.2) is 8.32 Å². The molecule has 2 aromatic rings. The number of ether oxygens (including phenoxy) is 1. The molecule has 0 heterocycles. The molecule has 0 saturated carbocycles. The number of aliphatic hydroxyl groups is 1.